The zero-order valence-corrected chi connectivity index (χ0v) is 7.95. The van der Waals surface area contributed by atoms with Crippen LogP contribution in [0.25, 0.3) is 0 Å². The average Bonchev–Trinajstić information content (AvgIpc) is 2.03. The van der Waals surface area contributed by atoms with Crippen molar-refractivity contribution in [3.63, 3.8) is 0 Å². The lowest BCUT2D eigenvalue weighted by Gasteiger charge is -2.16. The minimum absolute atomic E-state index is 0.603. The maximum atomic E-state index is 10.4. The van der Waals surface area contributed by atoms with Crippen LogP contribution in [0.1, 0.15) is 29.8 Å². The van der Waals surface area contributed by atoms with Gasteiger partial charge >= 0.3 is 0 Å². The van der Waals surface area contributed by atoms with Crippen LogP contribution in [-0.2, 0) is 6.42 Å². The van der Waals surface area contributed by atoms with E-state index in [0.717, 1.165) is 11.8 Å². The van der Waals surface area contributed by atoms with Crippen LogP contribution in [0.3, 0.4) is 0 Å². The third-order valence-electron chi connectivity index (χ3n) is 1.75. The van der Waals surface area contributed by atoms with Crippen LogP contribution in [0.2, 0.25) is 0 Å². The summed E-state index contributed by atoms with van der Waals surface area (Å²) < 4.78 is 0. The maximum absolute atomic E-state index is 10.4. The maximum Gasteiger partial charge on any atom is 0.150 e. The molecule has 0 saturated carbocycles. The van der Waals surface area contributed by atoms with E-state index in [1.165, 1.54) is 0 Å². The van der Waals surface area contributed by atoms with Crippen LogP contribution >= 0.6 is 0 Å². The summed E-state index contributed by atoms with van der Waals surface area (Å²) in [5.74, 6) is 0. The molecule has 0 fully saturated rings. The highest BCUT2D eigenvalue weighted by Gasteiger charge is 2.12. The Morgan fingerprint density at radius 1 is 1.31 bits per heavy atom. The number of aldehydes is 1. The molecule has 1 rings (SSSR count). The highest BCUT2D eigenvalue weighted by Crippen LogP contribution is 2.12. The molecule has 0 atom stereocenters. The molecule has 0 aliphatic heterocycles. The molecule has 0 heterocycles. The van der Waals surface area contributed by atoms with Crippen LogP contribution < -0.4 is 0 Å². The normalized spacial score (nSPS) is 11.3. The van der Waals surface area contributed by atoms with Gasteiger partial charge in [0.25, 0.3) is 0 Å². The molecular formula is C11H14O2. The number of hydrogen-bond donors (Lipinski definition) is 1. The SMILES string of the molecule is CC(C)(O)Cc1ccc(C=O)cc1. The second-order valence-corrected chi connectivity index (χ2v) is 3.85. The van der Waals surface area contributed by atoms with E-state index in [-0.39, 0.29) is 0 Å². The molecule has 1 aromatic carbocycles. The number of hydrogen-bond acceptors (Lipinski definition) is 2. The highest BCUT2D eigenvalue weighted by atomic mass is 16.3. The fraction of sp³-hybridized carbons (Fsp3) is 0.364. The molecule has 2 nitrogen and oxygen atoms in total. The van der Waals surface area contributed by atoms with Crippen molar-refractivity contribution in [2.24, 2.45) is 0 Å². The predicted octanol–water partition coefficient (Wildman–Crippen LogP) is 1.81. The van der Waals surface area contributed by atoms with Gasteiger partial charge in [0, 0.05) is 12.0 Å². The fourth-order valence-electron chi connectivity index (χ4n) is 1.21. The molecule has 0 saturated heterocycles. The Hall–Kier alpha value is -1.15. The summed E-state index contributed by atoms with van der Waals surface area (Å²) >= 11 is 0. The van der Waals surface area contributed by atoms with Crippen LogP contribution in [0.15, 0.2) is 24.3 Å². The monoisotopic (exact) mass is 178 g/mol. The Morgan fingerprint density at radius 3 is 2.23 bits per heavy atom. The molecular weight excluding hydrogens is 164 g/mol. The van der Waals surface area contributed by atoms with Gasteiger partial charge in [-0.15, -0.1) is 0 Å². The third kappa shape index (κ3) is 3.38. The second-order valence-electron chi connectivity index (χ2n) is 3.85. The average molecular weight is 178 g/mol. The lowest BCUT2D eigenvalue weighted by atomic mass is 9.98. The number of rotatable bonds is 3. The Morgan fingerprint density at radius 2 is 1.85 bits per heavy atom. The van der Waals surface area contributed by atoms with Gasteiger partial charge < -0.3 is 5.11 Å². The summed E-state index contributed by atoms with van der Waals surface area (Å²) in [5, 5.41) is 9.53. The van der Waals surface area contributed by atoms with Crippen molar-refractivity contribution < 1.29 is 9.90 Å². The van der Waals surface area contributed by atoms with E-state index < -0.39 is 5.60 Å². The number of carbonyl (C=O) groups is 1. The Balaban J connectivity index is 2.75. The topological polar surface area (TPSA) is 37.3 Å². The van der Waals surface area contributed by atoms with Crippen LogP contribution in [0.4, 0.5) is 0 Å². The molecule has 2 heteroatoms. The number of aliphatic hydroxyl groups is 1. The first-order valence-corrected chi connectivity index (χ1v) is 4.28. The zero-order chi connectivity index (χ0) is 9.90. The molecule has 0 amide bonds. The highest BCUT2D eigenvalue weighted by molar-refractivity contribution is 5.74. The Kier molecular flexibility index (Phi) is 2.83. The smallest absolute Gasteiger partial charge is 0.150 e. The second kappa shape index (κ2) is 3.71. The van der Waals surface area contributed by atoms with Crippen molar-refractivity contribution in [1.29, 1.82) is 0 Å². The summed E-state index contributed by atoms with van der Waals surface area (Å²) in [4.78, 5) is 10.4. The molecule has 70 valence electrons. The molecule has 0 unspecified atom stereocenters. The number of benzene rings is 1. The molecule has 1 N–H and O–H groups in total. The van der Waals surface area contributed by atoms with Crippen molar-refractivity contribution in [3.05, 3.63) is 35.4 Å². The van der Waals surface area contributed by atoms with E-state index >= 15 is 0 Å². The van der Waals surface area contributed by atoms with Crippen LogP contribution in [0.5, 0.6) is 0 Å². The molecule has 0 bridgehead atoms. The molecule has 0 aliphatic carbocycles. The summed E-state index contributed by atoms with van der Waals surface area (Å²) in [6.45, 7) is 3.53. The van der Waals surface area contributed by atoms with Gasteiger partial charge in [0.2, 0.25) is 0 Å². The van der Waals surface area contributed by atoms with Gasteiger partial charge in [0.15, 0.2) is 0 Å². The summed E-state index contributed by atoms with van der Waals surface area (Å²) in [5.41, 5.74) is 1.01. The lowest BCUT2D eigenvalue weighted by Crippen LogP contribution is -2.21. The first-order chi connectivity index (χ1) is 6.01. The van der Waals surface area contributed by atoms with Gasteiger partial charge in [-0.3, -0.25) is 4.79 Å². The molecule has 0 spiro atoms. The van der Waals surface area contributed by atoms with E-state index in [1.807, 2.05) is 12.1 Å². The van der Waals surface area contributed by atoms with E-state index in [1.54, 1.807) is 26.0 Å². The predicted molar refractivity (Wildman–Crippen MR) is 51.8 cm³/mol. The van der Waals surface area contributed by atoms with Gasteiger partial charge in [-0.2, -0.15) is 0 Å². The summed E-state index contributed by atoms with van der Waals surface area (Å²) in [6.07, 6.45) is 1.42. The van der Waals surface area contributed by atoms with Gasteiger partial charge in [-0.25, -0.2) is 0 Å². The summed E-state index contributed by atoms with van der Waals surface area (Å²) in [7, 11) is 0. The molecule has 0 radical (unpaired) electrons. The first-order valence-electron chi connectivity index (χ1n) is 4.28. The summed E-state index contributed by atoms with van der Waals surface area (Å²) in [6, 6.07) is 7.24. The van der Waals surface area contributed by atoms with Crippen molar-refractivity contribution >= 4 is 6.29 Å². The van der Waals surface area contributed by atoms with Crippen molar-refractivity contribution in [3.8, 4) is 0 Å². The third-order valence-corrected chi connectivity index (χ3v) is 1.75. The quantitative estimate of drug-likeness (QED) is 0.717. The number of carbonyl (C=O) groups excluding carboxylic acids is 1. The van der Waals surface area contributed by atoms with Gasteiger partial charge in [0.1, 0.15) is 6.29 Å². The van der Waals surface area contributed by atoms with Crippen molar-refractivity contribution in [2.45, 2.75) is 25.9 Å². The van der Waals surface area contributed by atoms with Gasteiger partial charge in [-0.1, -0.05) is 24.3 Å². The van der Waals surface area contributed by atoms with Crippen LogP contribution in [0, 0.1) is 0 Å². The molecule has 0 aliphatic rings. The largest absolute Gasteiger partial charge is 0.390 e. The minimum Gasteiger partial charge on any atom is -0.390 e. The van der Waals surface area contributed by atoms with Crippen molar-refractivity contribution in [2.75, 3.05) is 0 Å². The van der Waals surface area contributed by atoms with E-state index in [9.17, 15) is 9.90 Å². The minimum atomic E-state index is -0.692. The van der Waals surface area contributed by atoms with Gasteiger partial charge in [0.05, 0.1) is 5.60 Å². The molecule has 0 aromatic heterocycles. The first kappa shape index (κ1) is 9.93. The van der Waals surface area contributed by atoms with Gasteiger partial charge in [-0.05, 0) is 19.4 Å². The van der Waals surface area contributed by atoms with E-state index in [4.69, 9.17) is 0 Å². The van der Waals surface area contributed by atoms with E-state index in [2.05, 4.69) is 0 Å². The van der Waals surface area contributed by atoms with Crippen LogP contribution in [-0.4, -0.2) is 17.0 Å². The molecule has 1 aromatic rings. The van der Waals surface area contributed by atoms with Crippen molar-refractivity contribution in [1.82, 2.24) is 0 Å². The standard InChI is InChI=1S/C11H14O2/c1-11(2,13)7-9-3-5-10(8-12)6-4-9/h3-6,8,13H,7H2,1-2H3. The lowest BCUT2D eigenvalue weighted by molar-refractivity contribution is 0.0810. The zero-order valence-electron chi connectivity index (χ0n) is 7.95. The Labute approximate surface area is 78.2 Å². The molecule has 13 heavy (non-hydrogen) atoms. The van der Waals surface area contributed by atoms with E-state index in [0.29, 0.717) is 12.0 Å². The Bertz CT molecular complexity index is 280. The fourth-order valence-corrected chi connectivity index (χ4v) is 1.21.